The van der Waals surface area contributed by atoms with Gasteiger partial charge in [-0.15, -0.1) is 0 Å². The lowest BCUT2D eigenvalue weighted by atomic mass is 10.0. The van der Waals surface area contributed by atoms with Crippen LogP contribution in [-0.4, -0.2) is 82.6 Å². The number of para-hydroxylation sites is 3. The molecule has 1 aromatic heterocycles. The van der Waals surface area contributed by atoms with Gasteiger partial charge in [-0.2, -0.15) is 13.2 Å². The fraction of sp³-hybridized carbons (Fsp3) is 0.417. The van der Waals surface area contributed by atoms with Crippen LogP contribution in [-0.2, 0) is 25.6 Å². The molecule has 0 spiro atoms. The van der Waals surface area contributed by atoms with Crippen molar-refractivity contribution in [2.24, 2.45) is 0 Å². The molecule has 1 atom stereocenters. The van der Waals surface area contributed by atoms with Crippen LogP contribution in [0, 0.1) is 0 Å². The number of hydrogen-bond acceptors (Lipinski definition) is 5. The Morgan fingerprint density at radius 3 is 2.56 bits per heavy atom. The Bertz CT molecular complexity index is 1850. The van der Waals surface area contributed by atoms with Crippen molar-refractivity contribution in [3.05, 3.63) is 88.2 Å². The van der Waals surface area contributed by atoms with Gasteiger partial charge in [0.25, 0.3) is 0 Å². The molecule has 1 unspecified atom stereocenters. The second kappa shape index (κ2) is 14.8. The van der Waals surface area contributed by atoms with E-state index in [0.717, 1.165) is 47.7 Å². The summed E-state index contributed by atoms with van der Waals surface area (Å²) in [6.07, 6.45) is -2.01. The molecular formula is C36H42ClF3N8O2. The third-order valence-electron chi connectivity index (χ3n) is 9.55. The highest BCUT2D eigenvalue weighted by Crippen LogP contribution is 2.39. The lowest BCUT2D eigenvalue weighted by molar-refractivity contribution is -0.137. The number of benzene rings is 3. The maximum absolute atomic E-state index is 14.0. The number of carbonyl (C=O) groups is 2. The number of rotatable bonds is 9. The molecule has 0 aliphatic carbocycles. The Labute approximate surface area is 294 Å². The van der Waals surface area contributed by atoms with E-state index in [1.165, 1.54) is 6.07 Å². The van der Waals surface area contributed by atoms with E-state index in [0.29, 0.717) is 44.8 Å². The van der Waals surface area contributed by atoms with Crippen molar-refractivity contribution in [3.63, 3.8) is 0 Å². The predicted molar refractivity (Wildman–Crippen MR) is 189 cm³/mol. The summed E-state index contributed by atoms with van der Waals surface area (Å²) in [5.74, 6) is 0.538. The number of piperidine rings is 1. The van der Waals surface area contributed by atoms with Gasteiger partial charge in [0.15, 0.2) is 0 Å². The van der Waals surface area contributed by atoms with Gasteiger partial charge in [-0.3, -0.25) is 0 Å². The minimum Gasteiger partial charge on any atom is -0.397 e. The van der Waals surface area contributed by atoms with Crippen molar-refractivity contribution in [1.82, 2.24) is 29.6 Å². The SMILES string of the molecule is CN(C)CCCn1c(C(Cc2cc(Cl)c(N)c(C(F)(F)F)c2)NC(=O)N2CCC(N3CCc4ccccc4NC3=O)CC2)nc2ccccc21. The van der Waals surface area contributed by atoms with Crippen molar-refractivity contribution in [2.45, 2.75) is 56.9 Å². The van der Waals surface area contributed by atoms with Gasteiger partial charge < -0.3 is 35.6 Å². The first-order valence-electron chi connectivity index (χ1n) is 16.8. The molecule has 2 aliphatic rings. The number of aromatic nitrogens is 2. The van der Waals surface area contributed by atoms with Crippen LogP contribution in [0.5, 0.6) is 0 Å². The maximum atomic E-state index is 14.0. The Balaban J connectivity index is 1.24. The normalized spacial score (nSPS) is 16.3. The minimum absolute atomic E-state index is 0.00318. The number of nitrogens with one attached hydrogen (secondary N) is 2. The zero-order valence-electron chi connectivity index (χ0n) is 28.1. The van der Waals surface area contributed by atoms with Gasteiger partial charge in [0.05, 0.1) is 33.3 Å². The summed E-state index contributed by atoms with van der Waals surface area (Å²) < 4.78 is 43.9. The highest BCUT2D eigenvalue weighted by atomic mass is 35.5. The van der Waals surface area contributed by atoms with E-state index in [-0.39, 0.29) is 35.1 Å². The monoisotopic (exact) mass is 710 g/mol. The molecule has 4 amide bonds. The molecule has 4 aromatic rings. The summed E-state index contributed by atoms with van der Waals surface area (Å²) in [6.45, 7) is 2.79. The Morgan fingerprint density at radius 1 is 1.10 bits per heavy atom. The van der Waals surface area contributed by atoms with Crippen LogP contribution in [0.25, 0.3) is 11.0 Å². The minimum atomic E-state index is -4.71. The Morgan fingerprint density at radius 2 is 1.82 bits per heavy atom. The molecule has 1 fully saturated rings. The number of fused-ring (bicyclic) bond motifs is 2. The van der Waals surface area contributed by atoms with Crippen molar-refractivity contribution in [3.8, 4) is 0 Å². The molecular weight excluding hydrogens is 669 g/mol. The van der Waals surface area contributed by atoms with E-state index in [4.69, 9.17) is 22.3 Å². The van der Waals surface area contributed by atoms with Crippen LogP contribution in [0.3, 0.4) is 0 Å². The van der Waals surface area contributed by atoms with Crippen molar-refractivity contribution in [2.75, 3.05) is 51.3 Å². The maximum Gasteiger partial charge on any atom is 0.418 e. The molecule has 1 saturated heterocycles. The number of nitrogens with zero attached hydrogens (tertiary/aromatic N) is 5. The summed E-state index contributed by atoms with van der Waals surface area (Å²) in [5, 5.41) is 5.93. The lowest BCUT2D eigenvalue weighted by Crippen LogP contribution is -2.52. The number of urea groups is 2. The van der Waals surface area contributed by atoms with E-state index in [9.17, 15) is 22.8 Å². The van der Waals surface area contributed by atoms with Gasteiger partial charge in [-0.25, -0.2) is 14.6 Å². The fourth-order valence-corrected chi connectivity index (χ4v) is 7.21. The van der Waals surface area contributed by atoms with Gasteiger partial charge in [0.1, 0.15) is 5.82 Å². The molecule has 6 rings (SSSR count). The molecule has 3 aromatic carbocycles. The number of nitrogen functional groups attached to an aromatic ring is 1. The standard InChI is InChI=1S/C36H42ClF3N8O2/c1-45(2)15-7-16-48-31-11-6-5-10-29(31)42-33(48)30(22-23-20-26(36(38,39)40)32(41)27(37)21-23)44-34(49)46-17-13-25(14-18-46)47-19-12-24-8-3-4-9-28(24)43-35(47)50/h3-6,8-11,20-21,25,30H,7,12-19,22,41H2,1-2H3,(H,43,50)(H,44,49). The first-order valence-corrected chi connectivity index (χ1v) is 17.2. The fourth-order valence-electron chi connectivity index (χ4n) is 6.97. The highest BCUT2D eigenvalue weighted by molar-refractivity contribution is 6.33. The zero-order chi connectivity index (χ0) is 35.6. The molecule has 266 valence electrons. The molecule has 2 aliphatic heterocycles. The summed E-state index contributed by atoms with van der Waals surface area (Å²) >= 11 is 6.22. The second-order valence-electron chi connectivity index (χ2n) is 13.3. The van der Waals surface area contributed by atoms with Crippen molar-refractivity contribution < 1.29 is 22.8 Å². The van der Waals surface area contributed by atoms with Crippen LogP contribution >= 0.6 is 11.6 Å². The molecule has 50 heavy (non-hydrogen) atoms. The number of amides is 4. The van der Waals surface area contributed by atoms with E-state index >= 15 is 0 Å². The quantitative estimate of drug-likeness (QED) is 0.166. The van der Waals surface area contributed by atoms with Gasteiger partial charge in [-0.05, 0) is 87.8 Å². The summed E-state index contributed by atoms with van der Waals surface area (Å²) in [5.41, 5.74) is 7.94. The average Bonchev–Trinajstić information content (AvgIpc) is 3.35. The largest absolute Gasteiger partial charge is 0.418 e. The number of carbonyl (C=O) groups excluding carboxylic acids is 2. The second-order valence-corrected chi connectivity index (χ2v) is 13.7. The number of nitrogens with two attached hydrogens (primary N) is 1. The lowest BCUT2D eigenvalue weighted by Gasteiger charge is -2.38. The molecule has 4 N–H and O–H groups in total. The molecule has 0 radical (unpaired) electrons. The van der Waals surface area contributed by atoms with E-state index in [1.807, 2.05) is 72.1 Å². The smallest absolute Gasteiger partial charge is 0.397 e. The number of anilines is 2. The average molecular weight is 711 g/mol. The van der Waals surface area contributed by atoms with Crippen LogP contribution in [0.4, 0.5) is 34.1 Å². The molecule has 14 heteroatoms. The number of halogens is 4. The van der Waals surface area contributed by atoms with E-state index in [2.05, 4.69) is 15.5 Å². The Kier molecular flexibility index (Phi) is 10.4. The number of aryl methyl sites for hydroxylation is 1. The van der Waals surface area contributed by atoms with E-state index in [1.54, 1.807) is 4.90 Å². The van der Waals surface area contributed by atoms with E-state index < -0.39 is 23.5 Å². The first kappa shape index (κ1) is 35.3. The van der Waals surface area contributed by atoms with Gasteiger partial charge in [0, 0.05) is 44.3 Å². The number of imidazole rings is 1. The highest BCUT2D eigenvalue weighted by Gasteiger charge is 2.36. The van der Waals surface area contributed by atoms with Crippen molar-refractivity contribution in [1.29, 1.82) is 0 Å². The molecule has 10 nitrogen and oxygen atoms in total. The van der Waals surface area contributed by atoms with Crippen LogP contribution in [0.2, 0.25) is 5.02 Å². The Hall–Kier alpha value is -4.49. The predicted octanol–water partition coefficient (Wildman–Crippen LogP) is 6.79. The van der Waals surface area contributed by atoms with Crippen molar-refractivity contribution >= 4 is 46.1 Å². The van der Waals surface area contributed by atoms with Crippen LogP contribution < -0.4 is 16.4 Å². The first-order chi connectivity index (χ1) is 23.9. The summed E-state index contributed by atoms with van der Waals surface area (Å²) in [7, 11) is 3.97. The number of alkyl halides is 3. The third-order valence-corrected chi connectivity index (χ3v) is 9.86. The summed E-state index contributed by atoms with van der Waals surface area (Å²) in [4.78, 5) is 37.6. The van der Waals surface area contributed by atoms with Crippen LogP contribution in [0.1, 0.15) is 47.8 Å². The summed E-state index contributed by atoms with van der Waals surface area (Å²) in [6, 6.07) is 16.5. The van der Waals surface area contributed by atoms with Gasteiger partial charge >= 0.3 is 18.2 Å². The molecule has 0 saturated carbocycles. The number of hydrogen-bond donors (Lipinski definition) is 3. The van der Waals surface area contributed by atoms with Gasteiger partial charge in [-0.1, -0.05) is 41.9 Å². The van der Waals surface area contributed by atoms with Gasteiger partial charge in [0.2, 0.25) is 0 Å². The third kappa shape index (κ3) is 7.78. The molecule has 3 heterocycles. The van der Waals surface area contributed by atoms with Crippen LogP contribution in [0.15, 0.2) is 60.7 Å². The number of likely N-dealkylation sites (tertiary alicyclic amines) is 1. The topological polar surface area (TPSA) is 112 Å². The zero-order valence-corrected chi connectivity index (χ0v) is 28.9. The molecule has 0 bridgehead atoms.